The Kier molecular flexibility index (Phi) is 4.30. The van der Waals surface area contributed by atoms with Crippen LogP contribution in [0.2, 0.25) is 0 Å². The van der Waals surface area contributed by atoms with Gasteiger partial charge in [0.2, 0.25) is 0 Å². The number of nitrogens with two attached hydrogens (primary N) is 1. The highest BCUT2D eigenvalue weighted by molar-refractivity contribution is 7.80. The van der Waals surface area contributed by atoms with Crippen LogP contribution in [0.15, 0.2) is 18.6 Å². The average Bonchev–Trinajstić information content (AvgIpc) is 2.25. The van der Waals surface area contributed by atoms with Crippen LogP contribution in [-0.4, -0.2) is 38.4 Å². The minimum absolute atomic E-state index is 0.0102. The molecule has 16 heavy (non-hydrogen) atoms. The Labute approximate surface area is 99.7 Å². The summed E-state index contributed by atoms with van der Waals surface area (Å²) in [4.78, 5) is 21.7. The van der Waals surface area contributed by atoms with Gasteiger partial charge in [-0.3, -0.25) is 9.78 Å². The fourth-order valence-corrected chi connectivity index (χ4v) is 1.35. The van der Waals surface area contributed by atoms with Crippen molar-refractivity contribution in [1.29, 1.82) is 0 Å². The molecular weight excluding hydrogens is 224 g/mol. The second-order valence-electron chi connectivity index (χ2n) is 3.58. The zero-order valence-electron chi connectivity index (χ0n) is 9.25. The number of carbonyl (C=O) groups excluding carboxylic acids is 1. The van der Waals surface area contributed by atoms with Crippen LogP contribution >= 0.6 is 12.2 Å². The summed E-state index contributed by atoms with van der Waals surface area (Å²) in [6, 6.07) is 0.0102. The smallest absolute Gasteiger partial charge is 0.274 e. The molecule has 0 saturated carbocycles. The molecule has 1 amide bonds. The van der Waals surface area contributed by atoms with E-state index < -0.39 is 0 Å². The van der Waals surface area contributed by atoms with Gasteiger partial charge in [-0.2, -0.15) is 0 Å². The average molecular weight is 238 g/mol. The minimum Gasteiger partial charge on any atom is -0.392 e. The lowest BCUT2D eigenvalue weighted by molar-refractivity contribution is 0.0729. The number of aromatic nitrogens is 2. The van der Waals surface area contributed by atoms with Gasteiger partial charge in [-0.15, -0.1) is 0 Å². The van der Waals surface area contributed by atoms with Crippen molar-refractivity contribution in [2.45, 2.75) is 19.9 Å². The van der Waals surface area contributed by atoms with Crippen molar-refractivity contribution < 1.29 is 4.79 Å². The third-order valence-electron chi connectivity index (χ3n) is 1.99. The van der Waals surface area contributed by atoms with Gasteiger partial charge in [0.05, 0.1) is 17.7 Å². The molecule has 0 fully saturated rings. The summed E-state index contributed by atoms with van der Waals surface area (Å²) >= 11 is 4.81. The van der Waals surface area contributed by atoms with Crippen LogP contribution in [0.25, 0.3) is 0 Å². The van der Waals surface area contributed by atoms with E-state index in [1.807, 2.05) is 13.8 Å². The van der Waals surface area contributed by atoms with E-state index in [4.69, 9.17) is 18.0 Å². The summed E-state index contributed by atoms with van der Waals surface area (Å²) in [6.45, 7) is 4.04. The predicted molar refractivity (Wildman–Crippen MR) is 65.0 cm³/mol. The van der Waals surface area contributed by atoms with Crippen molar-refractivity contribution in [1.82, 2.24) is 14.9 Å². The molecule has 0 aliphatic rings. The quantitative estimate of drug-likeness (QED) is 0.778. The summed E-state index contributed by atoms with van der Waals surface area (Å²) in [5, 5.41) is 0. The summed E-state index contributed by atoms with van der Waals surface area (Å²) in [5.41, 5.74) is 5.75. The largest absolute Gasteiger partial charge is 0.392 e. The Balaban J connectivity index is 2.88. The maximum Gasteiger partial charge on any atom is 0.274 e. The lowest BCUT2D eigenvalue weighted by Gasteiger charge is -2.25. The first-order valence-corrected chi connectivity index (χ1v) is 5.28. The summed E-state index contributed by atoms with van der Waals surface area (Å²) < 4.78 is 0. The normalized spacial score (nSPS) is 10.2. The molecule has 0 aliphatic carbocycles. The minimum atomic E-state index is -0.212. The molecule has 0 saturated heterocycles. The van der Waals surface area contributed by atoms with E-state index in [1.54, 1.807) is 4.90 Å². The van der Waals surface area contributed by atoms with Crippen LogP contribution in [0.5, 0.6) is 0 Å². The van der Waals surface area contributed by atoms with Crippen molar-refractivity contribution in [3.05, 3.63) is 24.3 Å². The molecule has 86 valence electrons. The van der Waals surface area contributed by atoms with Crippen LogP contribution in [0, 0.1) is 0 Å². The molecule has 0 spiro atoms. The standard InChI is InChI=1S/C10H14N4OS/c1-7(2)14(6-9(11)16)10(15)8-5-12-3-4-13-8/h3-5,7H,6H2,1-2H3,(H2,11,16). The van der Waals surface area contributed by atoms with Crippen molar-refractivity contribution in [2.24, 2.45) is 5.73 Å². The van der Waals surface area contributed by atoms with E-state index >= 15 is 0 Å². The Morgan fingerprint density at radius 3 is 2.69 bits per heavy atom. The second kappa shape index (κ2) is 5.50. The molecule has 1 rings (SSSR count). The van der Waals surface area contributed by atoms with Gasteiger partial charge in [0.1, 0.15) is 5.69 Å². The molecule has 5 nitrogen and oxygen atoms in total. The zero-order chi connectivity index (χ0) is 12.1. The Morgan fingerprint density at radius 2 is 2.25 bits per heavy atom. The summed E-state index contributed by atoms with van der Waals surface area (Å²) in [6.07, 6.45) is 4.42. The van der Waals surface area contributed by atoms with Crippen molar-refractivity contribution in [3.63, 3.8) is 0 Å². The third kappa shape index (κ3) is 3.23. The van der Waals surface area contributed by atoms with E-state index in [0.29, 0.717) is 5.69 Å². The SMILES string of the molecule is CC(C)N(CC(N)=S)C(=O)c1cnccn1. The Bertz CT molecular complexity index is 380. The van der Waals surface area contributed by atoms with E-state index in [0.717, 1.165) is 0 Å². The third-order valence-corrected chi connectivity index (χ3v) is 2.12. The first-order valence-electron chi connectivity index (χ1n) is 4.87. The summed E-state index contributed by atoms with van der Waals surface area (Å²) in [5.74, 6) is -0.212. The van der Waals surface area contributed by atoms with Gasteiger partial charge >= 0.3 is 0 Å². The number of thiocarbonyl (C=S) groups is 1. The highest BCUT2D eigenvalue weighted by Crippen LogP contribution is 2.04. The number of hydrogen-bond acceptors (Lipinski definition) is 4. The topological polar surface area (TPSA) is 72.1 Å². The van der Waals surface area contributed by atoms with Gasteiger partial charge in [0.25, 0.3) is 5.91 Å². The molecule has 0 atom stereocenters. The lowest BCUT2D eigenvalue weighted by Crippen LogP contribution is -2.42. The van der Waals surface area contributed by atoms with Gasteiger partial charge in [-0.25, -0.2) is 4.98 Å². The van der Waals surface area contributed by atoms with Gasteiger partial charge in [-0.1, -0.05) is 12.2 Å². The molecule has 1 heterocycles. The van der Waals surface area contributed by atoms with E-state index in [9.17, 15) is 4.79 Å². The van der Waals surface area contributed by atoms with E-state index in [-0.39, 0.29) is 23.5 Å². The highest BCUT2D eigenvalue weighted by Gasteiger charge is 2.20. The van der Waals surface area contributed by atoms with Crippen LogP contribution < -0.4 is 5.73 Å². The molecule has 0 aromatic carbocycles. The number of hydrogen-bond donors (Lipinski definition) is 1. The number of carbonyl (C=O) groups is 1. The van der Waals surface area contributed by atoms with Crippen LogP contribution in [0.3, 0.4) is 0 Å². The van der Waals surface area contributed by atoms with Gasteiger partial charge in [-0.05, 0) is 13.8 Å². The van der Waals surface area contributed by atoms with Gasteiger partial charge < -0.3 is 10.6 Å². The highest BCUT2D eigenvalue weighted by atomic mass is 32.1. The fraction of sp³-hybridized carbons (Fsp3) is 0.400. The monoisotopic (exact) mass is 238 g/mol. The van der Waals surface area contributed by atoms with Gasteiger partial charge in [0.15, 0.2) is 0 Å². The van der Waals surface area contributed by atoms with Crippen LogP contribution in [0.4, 0.5) is 0 Å². The molecule has 0 bridgehead atoms. The number of nitrogens with zero attached hydrogens (tertiary/aromatic N) is 3. The molecule has 6 heteroatoms. The number of rotatable bonds is 4. The van der Waals surface area contributed by atoms with Crippen molar-refractivity contribution >= 4 is 23.1 Å². The molecular formula is C10H14N4OS. The van der Waals surface area contributed by atoms with Crippen molar-refractivity contribution in [2.75, 3.05) is 6.54 Å². The molecule has 0 aliphatic heterocycles. The lowest BCUT2D eigenvalue weighted by atomic mass is 10.2. The molecule has 0 radical (unpaired) electrons. The van der Waals surface area contributed by atoms with Crippen LogP contribution in [-0.2, 0) is 0 Å². The van der Waals surface area contributed by atoms with Crippen molar-refractivity contribution in [3.8, 4) is 0 Å². The first-order chi connectivity index (χ1) is 7.52. The van der Waals surface area contributed by atoms with E-state index in [2.05, 4.69) is 9.97 Å². The molecule has 1 aromatic heterocycles. The van der Waals surface area contributed by atoms with Crippen LogP contribution in [0.1, 0.15) is 24.3 Å². The maximum atomic E-state index is 12.0. The summed E-state index contributed by atoms with van der Waals surface area (Å²) in [7, 11) is 0. The molecule has 0 unspecified atom stereocenters. The number of amides is 1. The Hall–Kier alpha value is -1.56. The zero-order valence-corrected chi connectivity index (χ0v) is 10.1. The first kappa shape index (κ1) is 12.5. The molecule has 2 N–H and O–H groups in total. The fourth-order valence-electron chi connectivity index (χ4n) is 1.21. The van der Waals surface area contributed by atoms with Gasteiger partial charge in [0, 0.05) is 18.4 Å². The maximum absolute atomic E-state index is 12.0. The Morgan fingerprint density at radius 1 is 1.56 bits per heavy atom. The molecule has 1 aromatic rings. The second-order valence-corrected chi connectivity index (χ2v) is 4.11. The predicted octanol–water partition coefficient (Wildman–Crippen LogP) is 0.613. The van der Waals surface area contributed by atoms with E-state index in [1.165, 1.54) is 18.6 Å².